The number of thiophene rings is 1. The maximum atomic E-state index is 12.6. The zero-order valence-electron chi connectivity index (χ0n) is 18.5. The lowest BCUT2D eigenvalue weighted by molar-refractivity contribution is 0.0528. The molecule has 32 heavy (non-hydrogen) atoms. The van der Waals surface area contributed by atoms with E-state index in [2.05, 4.69) is 15.4 Å². The molecule has 1 aliphatic rings. The second kappa shape index (κ2) is 10.0. The van der Waals surface area contributed by atoms with Crippen LogP contribution in [-0.2, 0) is 27.6 Å². The van der Waals surface area contributed by atoms with Gasteiger partial charge in [0.2, 0.25) is 10.0 Å². The molecular formula is C22H29N3O5S2. The van der Waals surface area contributed by atoms with Crippen LogP contribution in [0.3, 0.4) is 0 Å². The lowest BCUT2D eigenvalue weighted by Gasteiger charge is -2.19. The predicted molar refractivity (Wildman–Crippen MR) is 125 cm³/mol. The Labute approximate surface area is 192 Å². The van der Waals surface area contributed by atoms with Crippen molar-refractivity contribution in [3.05, 3.63) is 45.6 Å². The van der Waals surface area contributed by atoms with Crippen LogP contribution >= 0.6 is 11.3 Å². The summed E-state index contributed by atoms with van der Waals surface area (Å²) in [6.07, 6.45) is 3.69. The van der Waals surface area contributed by atoms with Crippen molar-refractivity contribution in [3.63, 3.8) is 0 Å². The highest BCUT2D eigenvalue weighted by Crippen LogP contribution is 2.30. The molecule has 0 saturated carbocycles. The second-order valence-electron chi connectivity index (χ2n) is 8.57. The van der Waals surface area contributed by atoms with Crippen LogP contribution in [0, 0.1) is 0 Å². The molecule has 174 valence electrons. The summed E-state index contributed by atoms with van der Waals surface area (Å²) in [4.78, 5) is 26.2. The average Bonchev–Trinajstić information content (AvgIpc) is 3.15. The van der Waals surface area contributed by atoms with Gasteiger partial charge < -0.3 is 15.4 Å². The fraction of sp³-hybridized carbons (Fsp3) is 0.455. The van der Waals surface area contributed by atoms with Crippen LogP contribution in [0.1, 0.15) is 53.7 Å². The van der Waals surface area contributed by atoms with E-state index in [4.69, 9.17) is 4.74 Å². The summed E-state index contributed by atoms with van der Waals surface area (Å²) in [6, 6.07) is 8.02. The molecular weight excluding hydrogens is 450 g/mol. The number of carbonyl (C=O) groups excluding carboxylic acids is 2. The van der Waals surface area contributed by atoms with Crippen molar-refractivity contribution in [2.24, 2.45) is 0 Å². The number of anilines is 1. The molecule has 8 nitrogen and oxygen atoms in total. The van der Waals surface area contributed by atoms with Crippen LogP contribution in [0.15, 0.2) is 35.2 Å². The van der Waals surface area contributed by atoms with Crippen molar-refractivity contribution in [3.8, 4) is 0 Å². The summed E-state index contributed by atoms with van der Waals surface area (Å²) >= 11 is 1.50. The fourth-order valence-electron chi connectivity index (χ4n) is 3.28. The van der Waals surface area contributed by atoms with E-state index in [1.165, 1.54) is 33.9 Å². The van der Waals surface area contributed by atoms with Crippen molar-refractivity contribution in [2.45, 2.75) is 57.0 Å². The predicted octanol–water partition coefficient (Wildman–Crippen LogP) is 3.68. The SMILES string of the molecule is CC(C)(C)OC(=O)NCCNS(=O)(=O)c1cccc(NC(=O)c2cc3c(s2)CCCC3)c1. The van der Waals surface area contributed by atoms with Gasteiger partial charge in [-0.05, 0) is 76.3 Å². The number of amides is 2. The van der Waals surface area contributed by atoms with E-state index in [1.807, 2.05) is 6.07 Å². The zero-order valence-corrected chi connectivity index (χ0v) is 20.1. The van der Waals surface area contributed by atoms with Gasteiger partial charge in [-0.3, -0.25) is 4.79 Å². The largest absolute Gasteiger partial charge is 0.444 e. The number of benzene rings is 1. The van der Waals surface area contributed by atoms with Gasteiger partial charge in [0.1, 0.15) is 5.60 Å². The molecule has 2 amide bonds. The highest BCUT2D eigenvalue weighted by atomic mass is 32.2. The van der Waals surface area contributed by atoms with Crippen LogP contribution < -0.4 is 15.4 Å². The summed E-state index contributed by atoms with van der Waals surface area (Å²) in [5.41, 5.74) is 1.01. The topological polar surface area (TPSA) is 114 Å². The molecule has 3 N–H and O–H groups in total. The summed E-state index contributed by atoms with van der Waals surface area (Å²) in [5, 5.41) is 5.28. The summed E-state index contributed by atoms with van der Waals surface area (Å²) in [5.74, 6) is -0.242. The number of carbonyl (C=O) groups is 2. The smallest absolute Gasteiger partial charge is 0.407 e. The number of rotatable bonds is 7. The Morgan fingerprint density at radius 2 is 1.84 bits per heavy atom. The summed E-state index contributed by atoms with van der Waals surface area (Å²) < 4.78 is 32.7. The lowest BCUT2D eigenvalue weighted by Crippen LogP contribution is -2.37. The van der Waals surface area contributed by atoms with Crippen LogP contribution in [0.4, 0.5) is 10.5 Å². The number of alkyl carbamates (subject to hydrolysis) is 1. The molecule has 0 fully saturated rings. The Morgan fingerprint density at radius 1 is 1.09 bits per heavy atom. The fourth-order valence-corrected chi connectivity index (χ4v) is 5.51. The first-order chi connectivity index (χ1) is 15.0. The van der Waals surface area contributed by atoms with E-state index in [1.54, 1.807) is 32.9 Å². The Kier molecular flexibility index (Phi) is 7.58. The molecule has 2 aromatic rings. The highest BCUT2D eigenvalue weighted by molar-refractivity contribution is 7.89. The Morgan fingerprint density at radius 3 is 2.56 bits per heavy atom. The van der Waals surface area contributed by atoms with Gasteiger partial charge in [0.25, 0.3) is 5.91 Å². The van der Waals surface area contributed by atoms with E-state index in [0.29, 0.717) is 10.6 Å². The summed E-state index contributed by atoms with van der Waals surface area (Å²) in [6.45, 7) is 5.31. The van der Waals surface area contributed by atoms with Crippen LogP contribution in [0.5, 0.6) is 0 Å². The van der Waals surface area contributed by atoms with Gasteiger partial charge in [-0.2, -0.15) is 0 Å². The minimum absolute atomic E-state index is 0.00108. The number of hydrogen-bond donors (Lipinski definition) is 3. The van der Waals surface area contributed by atoms with Crippen LogP contribution in [0.2, 0.25) is 0 Å². The van der Waals surface area contributed by atoms with Gasteiger partial charge in [0.15, 0.2) is 0 Å². The van der Waals surface area contributed by atoms with Gasteiger partial charge in [-0.25, -0.2) is 17.9 Å². The van der Waals surface area contributed by atoms with E-state index in [0.717, 1.165) is 25.7 Å². The third-order valence-corrected chi connectivity index (χ3v) is 7.40. The van der Waals surface area contributed by atoms with Crippen molar-refractivity contribution in [1.82, 2.24) is 10.0 Å². The molecule has 1 aromatic heterocycles. The van der Waals surface area contributed by atoms with Crippen molar-refractivity contribution in [1.29, 1.82) is 0 Å². The monoisotopic (exact) mass is 479 g/mol. The summed E-state index contributed by atoms with van der Waals surface area (Å²) in [7, 11) is -3.81. The third-order valence-electron chi connectivity index (χ3n) is 4.71. The van der Waals surface area contributed by atoms with Gasteiger partial charge >= 0.3 is 6.09 Å². The molecule has 10 heteroatoms. The van der Waals surface area contributed by atoms with Gasteiger partial charge in [0, 0.05) is 23.7 Å². The average molecular weight is 480 g/mol. The first-order valence-corrected chi connectivity index (χ1v) is 12.8. The van der Waals surface area contributed by atoms with E-state index in [9.17, 15) is 18.0 Å². The molecule has 0 bridgehead atoms. The first kappa shape index (κ1) is 24.2. The Bertz CT molecular complexity index is 1060. The Balaban J connectivity index is 1.56. The van der Waals surface area contributed by atoms with Crippen molar-refractivity contribution in [2.75, 3.05) is 18.4 Å². The van der Waals surface area contributed by atoms with E-state index >= 15 is 0 Å². The van der Waals surface area contributed by atoms with Crippen molar-refractivity contribution < 1.29 is 22.7 Å². The molecule has 0 radical (unpaired) electrons. The van der Waals surface area contributed by atoms with Gasteiger partial charge in [-0.15, -0.1) is 11.3 Å². The zero-order chi connectivity index (χ0) is 23.4. The van der Waals surface area contributed by atoms with Gasteiger partial charge in [0.05, 0.1) is 9.77 Å². The minimum atomic E-state index is -3.81. The molecule has 0 saturated heterocycles. The minimum Gasteiger partial charge on any atom is -0.444 e. The second-order valence-corrected chi connectivity index (χ2v) is 11.5. The number of ether oxygens (including phenoxy) is 1. The molecule has 1 aromatic carbocycles. The standard InChI is InChI=1S/C22H29N3O5S2/c1-22(2,3)30-21(27)23-11-12-24-32(28,29)17-9-6-8-16(14-17)25-20(26)19-13-15-7-4-5-10-18(15)31-19/h6,8-9,13-14,24H,4-5,7,10-12H2,1-3H3,(H,23,27)(H,25,26). The number of nitrogens with one attached hydrogen (secondary N) is 3. The van der Waals surface area contributed by atoms with Gasteiger partial charge in [-0.1, -0.05) is 6.07 Å². The number of hydrogen-bond acceptors (Lipinski definition) is 6. The van der Waals surface area contributed by atoms with Crippen LogP contribution in [-0.4, -0.2) is 39.1 Å². The number of fused-ring (bicyclic) bond motifs is 1. The molecule has 0 aliphatic heterocycles. The molecule has 3 rings (SSSR count). The maximum Gasteiger partial charge on any atom is 0.407 e. The van der Waals surface area contributed by atoms with Crippen LogP contribution in [0.25, 0.3) is 0 Å². The van der Waals surface area contributed by atoms with E-state index < -0.39 is 21.7 Å². The van der Waals surface area contributed by atoms with E-state index in [-0.39, 0.29) is 23.9 Å². The molecule has 0 unspecified atom stereocenters. The first-order valence-electron chi connectivity index (χ1n) is 10.5. The normalized spacial score (nSPS) is 13.8. The third kappa shape index (κ3) is 6.78. The highest BCUT2D eigenvalue weighted by Gasteiger charge is 2.19. The number of sulfonamides is 1. The quantitative estimate of drug-likeness (QED) is 0.524. The number of aryl methyl sites for hydroxylation is 2. The lowest BCUT2D eigenvalue weighted by atomic mass is 9.99. The molecule has 0 atom stereocenters. The van der Waals surface area contributed by atoms with Crippen molar-refractivity contribution >= 4 is 39.0 Å². The molecule has 0 spiro atoms. The molecule has 1 heterocycles. The Hall–Kier alpha value is -2.43. The molecule has 1 aliphatic carbocycles. The maximum absolute atomic E-state index is 12.6.